The van der Waals surface area contributed by atoms with Crippen molar-refractivity contribution in [3.63, 3.8) is 0 Å². The zero-order valence-corrected chi connectivity index (χ0v) is 14.7. The Bertz CT molecular complexity index is 271. The summed E-state index contributed by atoms with van der Waals surface area (Å²) >= 11 is 0. The summed E-state index contributed by atoms with van der Waals surface area (Å²) in [7, 11) is 0. The van der Waals surface area contributed by atoms with E-state index in [4.69, 9.17) is 9.47 Å². The average Bonchev–Trinajstić information content (AvgIpc) is 2.28. The number of carbonyl (C=O) groups is 1. The van der Waals surface area contributed by atoms with Crippen LogP contribution in [0.3, 0.4) is 0 Å². The van der Waals surface area contributed by atoms with Crippen LogP contribution in [0.1, 0.15) is 81.1 Å². The number of carbonyl (C=O) groups excluding carboxylic acids is 1. The second-order valence-electron chi connectivity index (χ2n) is 6.89. The van der Waals surface area contributed by atoms with E-state index < -0.39 is 17.4 Å². The van der Waals surface area contributed by atoms with Gasteiger partial charge in [0.05, 0.1) is 0 Å². The van der Waals surface area contributed by atoms with Gasteiger partial charge < -0.3 is 9.47 Å². The average molecular weight is 286 g/mol. The molecule has 120 valence electrons. The lowest BCUT2D eigenvalue weighted by Gasteiger charge is -2.37. The van der Waals surface area contributed by atoms with Crippen molar-refractivity contribution in [3.8, 4) is 0 Å². The molecule has 0 aromatic carbocycles. The molecule has 0 rings (SSSR count). The van der Waals surface area contributed by atoms with E-state index in [-0.39, 0.29) is 11.8 Å². The second-order valence-corrected chi connectivity index (χ2v) is 6.89. The van der Waals surface area contributed by atoms with Gasteiger partial charge in [-0.3, -0.25) is 0 Å². The maximum atomic E-state index is 12.2. The summed E-state index contributed by atoms with van der Waals surface area (Å²) in [5.74, 6) is 0.540. The van der Waals surface area contributed by atoms with E-state index in [0.717, 1.165) is 25.7 Å². The molecule has 0 fully saturated rings. The van der Waals surface area contributed by atoms with Crippen molar-refractivity contribution in [2.45, 2.75) is 92.3 Å². The Balaban J connectivity index is 4.82. The molecule has 0 N–H and O–H groups in total. The zero-order chi connectivity index (χ0) is 16.0. The van der Waals surface area contributed by atoms with Gasteiger partial charge in [0.25, 0.3) is 0 Å². The highest BCUT2D eigenvalue weighted by Gasteiger charge is 2.37. The highest BCUT2D eigenvalue weighted by molar-refractivity contribution is 5.61. The lowest BCUT2D eigenvalue weighted by Crippen LogP contribution is -2.42. The molecule has 0 heterocycles. The number of hydrogen-bond acceptors (Lipinski definition) is 3. The Labute approximate surface area is 125 Å². The van der Waals surface area contributed by atoms with Gasteiger partial charge in [0.1, 0.15) is 11.2 Å². The first-order valence-electron chi connectivity index (χ1n) is 8.03. The molecular formula is C17H34O3. The van der Waals surface area contributed by atoms with E-state index >= 15 is 0 Å². The van der Waals surface area contributed by atoms with Crippen LogP contribution >= 0.6 is 0 Å². The van der Waals surface area contributed by atoms with Crippen LogP contribution in [0.15, 0.2) is 0 Å². The SMILES string of the molecule is CCCC(C)(OC(=O)OC(C)(CCC)C(C)C)C(C)C. The Morgan fingerprint density at radius 1 is 0.850 bits per heavy atom. The minimum Gasteiger partial charge on any atom is -0.428 e. The lowest BCUT2D eigenvalue weighted by molar-refractivity contribution is -0.103. The van der Waals surface area contributed by atoms with Crippen molar-refractivity contribution in [1.82, 2.24) is 0 Å². The van der Waals surface area contributed by atoms with Crippen LogP contribution in [-0.4, -0.2) is 17.4 Å². The molecule has 3 nitrogen and oxygen atoms in total. The highest BCUT2D eigenvalue weighted by Crippen LogP contribution is 2.31. The monoisotopic (exact) mass is 286 g/mol. The Morgan fingerprint density at radius 2 is 1.15 bits per heavy atom. The van der Waals surface area contributed by atoms with Gasteiger partial charge >= 0.3 is 6.16 Å². The fourth-order valence-electron chi connectivity index (χ4n) is 2.31. The van der Waals surface area contributed by atoms with Crippen molar-refractivity contribution in [2.24, 2.45) is 11.8 Å². The van der Waals surface area contributed by atoms with E-state index in [1.165, 1.54) is 0 Å². The van der Waals surface area contributed by atoms with Crippen molar-refractivity contribution in [1.29, 1.82) is 0 Å². The van der Waals surface area contributed by atoms with Crippen LogP contribution in [0, 0.1) is 11.8 Å². The molecule has 0 spiro atoms. The van der Waals surface area contributed by atoms with Gasteiger partial charge in [0, 0.05) is 0 Å². The van der Waals surface area contributed by atoms with E-state index in [9.17, 15) is 4.79 Å². The number of ether oxygens (including phenoxy) is 2. The molecule has 0 saturated heterocycles. The third kappa shape index (κ3) is 5.34. The van der Waals surface area contributed by atoms with Crippen LogP contribution < -0.4 is 0 Å². The van der Waals surface area contributed by atoms with Crippen LogP contribution in [0.4, 0.5) is 4.79 Å². The topological polar surface area (TPSA) is 35.5 Å². The van der Waals surface area contributed by atoms with Crippen molar-refractivity contribution >= 4 is 6.16 Å². The largest absolute Gasteiger partial charge is 0.509 e. The second kappa shape index (κ2) is 7.90. The third-order valence-corrected chi connectivity index (χ3v) is 4.57. The quantitative estimate of drug-likeness (QED) is 0.547. The Kier molecular flexibility index (Phi) is 7.61. The molecule has 0 aliphatic rings. The first-order chi connectivity index (χ1) is 9.11. The van der Waals surface area contributed by atoms with Gasteiger partial charge in [-0.1, -0.05) is 54.4 Å². The van der Waals surface area contributed by atoms with Crippen molar-refractivity contribution in [2.75, 3.05) is 0 Å². The van der Waals surface area contributed by atoms with Gasteiger partial charge in [-0.15, -0.1) is 0 Å². The van der Waals surface area contributed by atoms with Gasteiger partial charge in [-0.25, -0.2) is 4.79 Å². The molecule has 0 radical (unpaired) electrons. The minimum absolute atomic E-state index is 0.270. The number of hydrogen-bond donors (Lipinski definition) is 0. The van der Waals surface area contributed by atoms with Crippen molar-refractivity contribution < 1.29 is 14.3 Å². The predicted molar refractivity (Wildman–Crippen MR) is 83.9 cm³/mol. The summed E-state index contributed by atoms with van der Waals surface area (Å²) in [4.78, 5) is 12.2. The molecule has 0 aliphatic carbocycles. The Morgan fingerprint density at radius 3 is 1.35 bits per heavy atom. The molecule has 0 bridgehead atoms. The normalized spacial score (nSPS) is 17.7. The summed E-state index contributed by atoms with van der Waals surface area (Å²) in [5, 5.41) is 0. The predicted octanol–water partition coefficient (Wildman–Crippen LogP) is 5.57. The van der Waals surface area contributed by atoms with Crippen LogP contribution in [0.5, 0.6) is 0 Å². The first-order valence-corrected chi connectivity index (χ1v) is 8.03. The van der Waals surface area contributed by atoms with E-state index in [1.54, 1.807) is 0 Å². The molecule has 20 heavy (non-hydrogen) atoms. The molecule has 2 unspecified atom stereocenters. The summed E-state index contributed by atoms with van der Waals surface area (Å²) in [6, 6.07) is 0. The third-order valence-electron chi connectivity index (χ3n) is 4.57. The summed E-state index contributed by atoms with van der Waals surface area (Å²) in [5.41, 5.74) is -0.897. The smallest absolute Gasteiger partial charge is 0.428 e. The molecule has 0 aromatic heterocycles. The molecule has 0 amide bonds. The number of rotatable bonds is 8. The fourth-order valence-corrected chi connectivity index (χ4v) is 2.31. The van der Waals surface area contributed by atoms with Crippen molar-refractivity contribution in [3.05, 3.63) is 0 Å². The summed E-state index contributed by atoms with van der Waals surface area (Å²) in [6.07, 6.45) is 3.15. The van der Waals surface area contributed by atoms with Gasteiger partial charge in [0.15, 0.2) is 0 Å². The zero-order valence-electron chi connectivity index (χ0n) is 14.7. The van der Waals surface area contributed by atoms with E-state index in [2.05, 4.69) is 41.5 Å². The molecule has 0 aliphatic heterocycles. The van der Waals surface area contributed by atoms with Gasteiger partial charge in [-0.05, 0) is 38.5 Å². The fraction of sp³-hybridized carbons (Fsp3) is 0.941. The van der Waals surface area contributed by atoms with Crippen LogP contribution in [0.25, 0.3) is 0 Å². The highest BCUT2D eigenvalue weighted by atomic mass is 16.7. The van der Waals surface area contributed by atoms with E-state index in [0.29, 0.717) is 0 Å². The molecule has 2 atom stereocenters. The maximum Gasteiger partial charge on any atom is 0.509 e. The minimum atomic E-state index is -0.528. The molecular weight excluding hydrogens is 252 g/mol. The van der Waals surface area contributed by atoms with Crippen LogP contribution in [0.2, 0.25) is 0 Å². The summed E-state index contributed by atoms with van der Waals surface area (Å²) in [6.45, 7) is 16.5. The Hall–Kier alpha value is -0.730. The standard InChI is InChI=1S/C17H34O3/c1-9-11-16(7,13(3)4)19-15(18)20-17(8,12-10-2)14(5)6/h13-14H,9-12H2,1-8H3. The summed E-state index contributed by atoms with van der Waals surface area (Å²) < 4.78 is 11.3. The van der Waals surface area contributed by atoms with Crippen LogP contribution in [-0.2, 0) is 9.47 Å². The molecule has 0 aromatic rings. The van der Waals surface area contributed by atoms with Gasteiger partial charge in [0.2, 0.25) is 0 Å². The maximum absolute atomic E-state index is 12.2. The molecule has 3 heteroatoms. The van der Waals surface area contributed by atoms with Gasteiger partial charge in [-0.2, -0.15) is 0 Å². The first kappa shape index (κ1) is 19.3. The lowest BCUT2D eigenvalue weighted by atomic mass is 9.87. The van der Waals surface area contributed by atoms with E-state index in [1.807, 2.05) is 13.8 Å². The molecule has 0 saturated carbocycles.